The van der Waals surface area contributed by atoms with Crippen molar-refractivity contribution in [2.45, 2.75) is 24.6 Å². The fourth-order valence-corrected chi connectivity index (χ4v) is 3.70. The second kappa shape index (κ2) is 8.12. The van der Waals surface area contributed by atoms with E-state index in [4.69, 9.17) is 16.3 Å². The van der Waals surface area contributed by atoms with Crippen molar-refractivity contribution < 1.29 is 26.3 Å². The smallest absolute Gasteiger partial charge is 0.361 e. The maximum absolute atomic E-state index is 13.3. The SMILES string of the molecule is Cc1cnc(Br)c(NS(=O)(=O)c2ccc(COCCl)c(C(F)(F)F)c2)c1. The van der Waals surface area contributed by atoms with Crippen LogP contribution in [-0.4, -0.2) is 19.5 Å². The molecule has 0 aliphatic rings. The Morgan fingerprint density at radius 3 is 2.62 bits per heavy atom. The highest BCUT2D eigenvalue weighted by Gasteiger charge is 2.35. The molecule has 1 heterocycles. The van der Waals surface area contributed by atoms with Gasteiger partial charge in [-0.15, -0.1) is 0 Å². The molecule has 0 radical (unpaired) electrons. The van der Waals surface area contributed by atoms with E-state index in [9.17, 15) is 21.6 Å². The van der Waals surface area contributed by atoms with Gasteiger partial charge in [0.15, 0.2) is 0 Å². The summed E-state index contributed by atoms with van der Waals surface area (Å²) in [6.07, 6.45) is -3.24. The number of aromatic nitrogens is 1. The number of halogens is 5. The number of sulfonamides is 1. The second-order valence-corrected chi connectivity index (χ2v) is 7.88. The van der Waals surface area contributed by atoms with E-state index in [1.54, 1.807) is 6.92 Å². The third-order valence-corrected chi connectivity index (χ3v) is 5.40. The predicted molar refractivity (Wildman–Crippen MR) is 94.4 cm³/mol. The molecular formula is C15H13BrClF3N2O3S. The molecule has 11 heteroatoms. The van der Waals surface area contributed by atoms with E-state index in [1.165, 1.54) is 12.3 Å². The zero-order chi connectivity index (χ0) is 19.5. The van der Waals surface area contributed by atoms with Crippen LogP contribution in [0.3, 0.4) is 0 Å². The van der Waals surface area contributed by atoms with Gasteiger partial charge in [0.1, 0.15) is 10.7 Å². The van der Waals surface area contributed by atoms with E-state index in [2.05, 4.69) is 25.6 Å². The van der Waals surface area contributed by atoms with Gasteiger partial charge in [-0.05, 0) is 52.2 Å². The van der Waals surface area contributed by atoms with Crippen molar-refractivity contribution in [2.24, 2.45) is 0 Å². The standard InChI is InChI=1S/C15H13BrClF3N2O3S/c1-9-4-13(14(16)21-6-9)22-26(23,24)11-3-2-10(7-25-8-17)12(5-11)15(18,19)20/h2-6,22H,7-8H2,1H3. The predicted octanol–water partition coefficient (Wildman–Crippen LogP) is 4.69. The minimum Gasteiger partial charge on any atom is -0.361 e. The number of anilines is 1. The zero-order valence-electron chi connectivity index (χ0n) is 13.3. The lowest BCUT2D eigenvalue weighted by Crippen LogP contribution is -2.17. The molecule has 142 valence electrons. The molecule has 0 saturated heterocycles. The lowest BCUT2D eigenvalue weighted by atomic mass is 10.1. The molecule has 0 unspecified atom stereocenters. The fourth-order valence-electron chi connectivity index (χ4n) is 2.09. The van der Waals surface area contributed by atoms with Crippen LogP contribution in [0.15, 0.2) is 40.0 Å². The molecule has 5 nitrogen and oxygen atoms in total. The number of benzene rings is 1. The number of nitrogens with zero attached hydrogens (tertiary/aromatic N) is 1. The molecule has 1 aromatic carbocycles. The highest BCUT2D eigenvalue weighted by atomic mass is 79.9. The second-order valence-electron chi connectivity index (χ2n) is 5.23. The number of ether oxygens (including phenoxy) is 1. The molecule has 1 aromatic heterocycles. The number of rotatable bonds is 6. The minimum atomic E-state index is -4.75. The van der Waals surface area contributed by atoms with E-state index in [-0.39, 0.29) is 28.5 Å². The molecule has 26 heavy (non-hydrogen) atoms. The first-order chi connectivity index (χ1) is 12.0. The number of hydrogen-bond acceptors (Lipinski definition) is 4. The summed E-state index contributed by atoms with van der Waals surface area (Å²) in [6, 6.07) is 3.90. The molecular weight excluding hydrogens is 461 g/mol. The van der Waals surface area contributed by atoms with Crippen molar-refractivity contribution in [2.75, 3.05) is 10.8 Å². The Morgan fingerprint density at radius 2 is 2.00 bits per heavy atom. The first kappa shape index (κ1) is 20.9. The summed E-state index contributed by atoms with van der Waals surface area (Å²) in [5.74, 6) is 0. The molecule has 2 rings (SSSR count). The van der Waals surface area contributed by atoms with Gasteiger partial charge in [-0.3, -0.25) is 4.72 Å². The summed E-state index contributed by atoms with van der Waals surface area (Å²) in [4.78, 5) is 3.41. The number of alkyl halides is 4. The highest BCUT2D eigenvalue weighted by Crippen LogP contribution is 2.34. The summed E-state index contributed by atoms with van der Waals surface area (Å²) >= 11 is 8.41. The van der Waals surface area contributed by atoms with E-state index in [0.717, 1.165) is 12.1 Å². The first-order valence-electron chi connectivity index (χ1n) is 7.03. The molecule has 1 N–H and O–H groups in total. The molecule has 0 bridgehead atoms. The van der Waals surface area contributed by atoms with E-state index < -0.39 is 26.7 Å². The van der Waals surface area contributed by atoms with Gasteiger partial charge >= 0.3 is 6.18 Å². The normalized spacial score (nSPS) is 12.2. The van der Waals surface area contributed by atoms with Gasteiger partial charge in [0.2, 0.25) is 0 Å². The topological polar surface area (TPSA) is 68.3 Å². The van der Waals surface area contributed by atoms with Crippen molar-refractivity contribution in [3.63, 3.8) is 0 Å². The van der Waals surface area contributed by atoms with Crippen LogP contribution in [0.25, 0.3) is 0 Å². The van der Waals surface area contributed by atoms with Crippen LogP contribution in [0.5, 0.6) is 0 Å². The zero-order valence-corrected chi connectivity index (χ0v) is 16.4. The number of aryl methyl sites for hydroxylation is 1. The molecule has 0 amide bonds. The molecule has 0 spiro atoms. The fraction of sp³-hybridized carbons (Fsp3) is 0.267. The number of nitrogens with one attached hydrogen (secondary N) is 1. The van der Waals surface area contributed by atoms with Crippen molar-refractivity contribution in [1.82, 2.24) is 4.98 Å². The number of hydrogen-bond donors (Lipinski definition) is 1. The molecule has 0 atom stereocenters. The molecule has 0 aliphatic carbocycles. The third kappa shape index (κ3) is 5.09. The summed E-state index contributed by atoms with van der Waals surface area (Å²) in [5, 5.41) is 0. The highest BCUT2D eigenvalue weighted by molar-refractivity contribution is 9.10. The van der Waals surface area contributed by atoms with Gasteiger partial charge in [0.05, 0.1) is 22.8 Å². The Morgan fingerprint density at radius 1 is 1.31 bits per heavy atom. The van der Waals surface area contributed by atoms with Crippen LogP contribution in [0.4, 0.5) is 18.9 Å². The lowest BCUT2D eigenvalue weighted by Gasteiger charge is -2.15. The van der Waals surface area contributed by atoms with Crippen LogP contribution in [0.2, 0.25) is 0 Å². The average Bonchev–Trinajstić information content (AvgIpc) is 2.55. The number of pyridine rings is 1. The Hall–Kier alpha value is -1.36. The maximum Gasteiger partial charge on any atom is 0.416 e. The van der Waals surface area contributed by atoms with Gasteiger partial charge in [-0.25, -0.2) is 13.4 Å². The van der Waals surface area contributed by atoms with E-state index >= 15 is 0 Å². The summed E-state index contributed by atoms with van der Waals surface area (Å²) < 4.78 is 72.0. The lowest BCUT2D eigenvalue weighted by molar-refractivity contribution is -0.139. The van der Waals surface area contributed by atoms with Crippen LogP contribution >= 0.6 is 27.5 Å². The quantitative estimate of drug-likeness (QED) is 0.488. The molecule has 2 aromatic rings. The van der Waals surface area contributed by atoms with E-state index in [0.29, 0.717) is 11.6 Å². The van der Waals surface area contributed by atoms with Crippen molar-refractivity contribution >= 4 is 43.2 Å². The van der Waals surface area contributed by atoms with Gasteiger partial charge in [-0.1, -0.05) is 17.7 Å². The summed E-state index contributed by atoms with van der Waals surface area (Å²) in [5.41, 5.74) is -0.522. The van der Waals surface area contributed by atoms with Crippen molar-refractivity contribution in [3.8, 4) is 0 Å². The van der Waals surface area contributed by atoms with Crippen molar-refractivity contribution in [1.29, 1.82) is 0 Å². The Bertz CT molecular complexity index is 907. The molecule has 0 saturated carbocycles. The monoisotopic (exact) mass is 472 g/mol. The maximum atomic E-state index is 13.3. The molecule has 0 fully saturated rings. The van der Waals surface area contributed by atoms with Gasteiger partial charge in [0, 0.05) is 6.20 Å². The van der Waals surface area contributed by atoms with Gasteiger partial charge in [0.25, 0.3) is 10.0 Å². The first-order valence-corrected chi connectivity index (χ1v) is 9.84. The van der Waals surface area contributed by atoms with Crippen LogP contribution < -0.4 is 4.72 Å². The minimum absolute atomic E-state index is 0.119. The summed E-state index contributed by atoms with van der Waals surface area (Å²) in [6.45, 7) is 1.31. The Kier molecular flexibility index (Phi) is 6.54. The van der Waals surface area contributed by atoms with Crippen LogP contribution in [0.1, 0.15) is 16.7 Å². The Balaban J connectivity index is 2.44. The third-order valence-electron chi connectivity index (χ3n) is 3.25. The van der Waals surface area contributed by atoms with Crippen molar-refractivity contribution in [3.05, 3.63) is 51.8 Å². The van der Waals surface area contributed by atoms with Gasteiger partial charge in [-0.2, -0.15) is 13.2 Å². The summed E-state index contributed by atoms with van der Waals surface area (Å²) in [7, 11) is -4.26. The average molecular weight is 474 g/mol. The van der Waals surface area contributed by atoms with E-state index in [1.807, 2.05) is 0 Å². The largest absolute Gasteiger partial charge is 0.416 e. The van der Waals surface area contributed by atoms with Crippen LogP contribution in [-0.2, 0) is 27.5 Å². The van der Waals surface area contributed by atoms with Gasteiger partial charge < -0.3 is 4.74 Å². The van der Waals surface area contributed by atoms with Crippen LogP contribution in [0, 0.1) is 6.92 Å². The Labute approximate surface area is 161 Å². The molecule has 0 aliphatic heterocycles.